The van der Waals surface area contributed by atoms with Crippen molar-refractivity contribution in [3.05, 3.63) is 59.7 Å². The van der Waals surface area contributed by atoms with E-state index in [-0.39, 0.29) is 11.4 Å². The van der Waals surface area contributed by atoms with Gasteiger partial charge in [-0.05, 0) is 42.3 Å². The maximum Gasteiger partial charge on any atom is 0.243 e. The van der Waals surface area contributed by atoms with Gasteiger partial charge in [0, 0.05) is 26.0 Å². The van der Waals surface area contributed by atoms with Crippen molar-refractivity contribution < 1.29 is 12.8 Å². The van der Waals surface area contributed by atoms with Gasteiger partial charge in [-0.25, -0.2) is 12.8 Å². The van der Waals surface area contributed by atoms with Crippen molar-refractivity contribution in [3.8, 4) is 0 Å². The van der Waals surface area contributed by atoms with Crippen molar-refractivity contribution in [1.82, 2.24) is 9.29 Å². The van der Waals surface area contributed by atoms with E-state index < -0.39 is 15.8 Å². The number of benzene rings is 1. The van der Waals surface area contributed by atoms with Crippen molar-refractivity contribution >= 4 is 10.0 Å². The van der Waals surface area contributed by atoms with Crippen molar-refractivity contribution in [3.63, 3.8) is 0 Å². The van der Waals surface area contributed by atoms with Crippen molar-refractivity contribution in [1.29, 1.82) is 0 Å². The molecule has 1 heterocycles. The highest BCUT2D eigenvalue weighted by Gasteiger charge is 2.23. The van der Waals surface area contributed by atoms with Crippen LogP contribution in [0.4, 0.5) is 4.39 Å². The molecule has 0 unspecified atom stereocenters. The first-order valence-electron chi connectivity index (χ1n) is 6.02. The van der Waals surface area contributed by atoms with Crippen LogP contribution in [-0.2, 0) is 16.6 Å². The third-order valence-electron chi connectivity index (χ3n) is 2.95. The molecular formula is C14H15FN2O2S. The molecule has 0 spiro atoms. The minimum Gasteiger partial charge on any atom is -0.264 e. The standard InChI is InChI=1S/C14H15FN2O2S/c1-11-8-13(15)5-6-14(11)20(18,19)17(2)10-12-4-3-7-16-9-12/h3-9H,10H2,1-2H3. The second-order valence-corrected chi connectivity index (χ2v) is 6.55. The van der Waals surface area contributed by atoms with Crippen molar-refractivity contribution in [2.75, 3.05) is 7.05 Å². The molecule has 1 aromatic heterocycles. The van der Waals surface area contributed by atoms with Crippen LogP contribution in [0.5, 0.6) is 0 Å². The Kier molecular flexibility index (Phi) is 4.15. The molecule has 20 heavy (non-hydrogen) atoms. The van der Waals surface area contributed by atoms with Crippen LogP contribution in [0, 0.1) is 12.7 Å². The van der Waals surface area contributed by atoms with Gasteiger partial charge in [-0.1, -0.05) is 6.07 Å². The molecule has 0 aliphatic rings. The monoisotopic (exact) mass is 294 g/mol. The molecule has 0 saturated heterocycles. The SMILES string of the molecule is Cc1cc(F)ccc1S(=O)(=O)N(C)Cc1cccnc1. The molecule has 0 radical (unpaired) electrons. The zero-order chi connectivity index (χ0) is 14.8. The summed E-state index contributed by atoms with van der Waals surface area (Å²) in [5.74, 6) is -0.448. The lowest BCUT2D eigenvalue weighted by Gasteiger charge is -2.18. The highest BCUT2D eigenvalue weighted by Crippen LogP contribution is 2.21. The Hall–Kier alpha value is -1.79. The third kappa shape index (κ3) is 3.02. The molecule has 0 aliphatic carbocycles. The normalized spacial score (nSPS) is 11.8. The Bertz CT molecular complexity index is 702. The Balaban J connectivity index is 2.30. The summed E-state index contributed by atoms with van der Waals surface area (Å²) in [6.07, 6.45) is 3.24. The van der Waals surface area contributed by atoms with Gasteiger partial charge in [0.2, 0.25) is 10.0 Å². The van der Waals surface area contributed by atoms with E-state index in [1.807, 2.05) is 0 Å². The van der Waals surface area contributed by atoms with Gasteiger partial charge in [0.05, 0.1) is 4.90 Å². The Morgan fingerprint density at radius 1 is 1.30 bits per heavy atom. The van der Waals surface area contributed by atoms with E-state index in [9.17, 15) is 12.8 Å². The number of pyridine rings is 1. The van der Waals surface area contributed by atoms with E-state index in [1.165, 1.54) is 23.5 Å². The number of hydrogen-bond donors (Lipinski definition) is 0. The van der Waals surface area contributed by atoms with Crippen LogP contribution in [0.15, 0.2) is 47.6 Å². The summed E-state index contributed by atoms with van der Waals surface area (Å²) >= 11 is 0. The van der Waals surface area contributed by atoms with Gasteiger partial charge in [0.1, 0.15) is 5.82 Å². The van der Waals surface area contributed by atoms with Gasteiger partial charge >= 0.3 is 0 Å². The lowest BCUT2D eigenvalue weighted by molar-refractivity contribution is 0.465. The van der Waals surface area contributed by atoms with Crippen LogP contribution in [0.2, 0.25) is 0 Å². The molecule has 0 N–H and O–H groups in total. The lowest BCUT2D eigenvalue weighted by Crippen LogP contribution is -2.27. The summed E-state index contributed by atoms with van der Waals surface area (Å²) < 4.78 is 39.2. The fourth-order valence-electron chi connectivity index (χ4n) is 1.90. The van der Waals surface area contributed by atoms with Gasteiger partial charge in [-0.2, -0.15) is 4.31 Å². The van der Waals surface area contributed by atoms with E-state index in [2.05, 4.69) is 4.98 Å². The molecule has 0 amide bonds. The average molecular weight is 294 g/mol. The molecule has 2 aromatic rings. The van der Waals surface area contributed by atoms with Crippen molar-refractivity contribution in [2.24, 2.45) is 0 Å². The quantitative estimate of drug-likeness (QED) is 0.869. The van der Waals surface area contributed by atoms with Crippen LogP contribution < -0.4 is 0 Å². The third-order valence-corrected chi connectivity index (χ3v) is 4.92. The molecule has 106 valence electrons. The summed E-state index contributed by atoms with van der Waals surface area (Å²) in [4.78, 5) is 4.07. The number of hydrogen-bond acceptors (Lipinski definition) is 3. The van der Waals surface area contributed by atoms with E-state index in [0.29, 0.717) is 5.56 Å². The first kappa shape index (κ1) is 14.6. The van der Waals surface area contributed by atoms with Crippen molar-refractivity contribution in [2.45, 2.75) is 18.4 Å². The average Bonchev–Trinajstić information content (AvgIpc) is 2.39. The molecule has 0 fully saturated rings. The topological polar surface area (TPSA) is 50.3 Å². The van der Waals surface area contributed by atoms with Gasteiger partial charge in [-0.15, -0.1) is 0 Å². The van der Waals surface area contributed by atoms with Crippen LogP contribution in [0.3, 0.4) is 0 Å². The highest BCUT2D eigenvalue weighted by molar-refractivity contribution is 7.89. The molecule has 0 atom stereocenters. The fraction of sp³-hybridized carbons (Fsp3) is 0.214. The maximum absolute atomic E-state index is 13.1. The van der Waals surface area contributed by atoms with E-state index in [4.69, 9.17) is 0 Å². The number of aromatic nitrogens is 1. The number of nitrogens with zero attached hydrogens (tertiary/aromatic N) is 2. The Morgan fingerprint density at radius 3 is 2.65 bits per heavy atom. The summed E-state index contributed by atoms with van der Waals surface area (Å²) in [6.45, 7) is 1.79. The molecule has 4 nitrogen and oxygen atoms in total. The highest BCUT2D eigenvalue weighted by atomic mass is 32.2. The van der Waals surface area contributed by atoms with Gasteiger partial charge in [-0.3, -0.25) is 4.98 Å². The summed E-state index contributed by atoms with van der Waals surface area (Å²) in [5.41, 5.74) is 1.18. The number of aryl methyl sites for hydroxylation is 1. The summed E-state index contributed by atoms with van der Waals surface area (Å²) in [5, 5.41) is 0. The second kappa shape index (κ2) is 5.68. The molecule has 2 rings (SSSR count). The van der Waals surface area contributed by atoms with Gasteiger partial charge in [0.25, 0.3) is 0 Å². The van der Waals surface area contributed by atoms with Crippen LogP contribution in [0.25, 0.3) is 0 Å². The largest absolute Gasteiger partial charge is 0.264 e. The predicted octanol–water partition coefficient (Wildman–Crippen LogP) is 2.35. The van der Waals surface area contributed by atoms with Gasteiger partial charge < -0.3 is 0 Å². The van der Waals surface area contributed by atoms with Crippen LogP contribution in [0.1, 0.15) is 11.1 Å². The smallest absolute Gasteiger partial charge is 0.243 e. The molecule has 0 aliphatic heterocycles. The first-order valence-corrected chi connectivity index (χ1v) is 7.46. The number of rotatable bonds is 4. The fourth-order valence-corrected chi connectivity index (χ4v) is 3.26. The number of halogens is 1. The molecule has 0 saturated carbocycles. The Labute approximate surface area is 117 Å². The summed E-state index contributed by atoms with van der Waals surface area (Å²) in [6, 6.07) is 7.21. The van der Waals surface area contributed by atoms with Gasteiger partial charge in [0.15, 0.2) is 0 Å². The lowest BCUT2D eigenvalue weighted by atomic mass is 10.2. The Morgan fingerprint density at radius 2 is 2.05 bits per heavy atom. The maximum atomic E-state index is 13.1. The summed E-state index contributed by atoms with van der Waals surface area (Å²) in [7, 11) is -2.15. The molecule has 0 bridgehead atoms. The molecule has 1 aromatic carbocycles. The van der Waals surface area contributed by atoms with Crippen LogP contribution >= 0.6 is 0 Å². The molecular weight excluding hydrogens is 279 g/mol. The predicted molar refractivity (Wildman–Crippen MR) is 74.0 cm³/mol. The van der Waals surface area contributed by atoms with E-state index >= 15 is 0 Å². The number of sulfonamides is 1. The zero-order valence-corrected chi connectivity index (χ0v) is 12.1. The van der Waals surface area contributed by atoms with E-state index in [0.717, 1.165) is 11.6 Å². The van der Waals surface area contributed by atoms with Crippen LogP contribution in [-0.4, -0.2) is 24.8 Å². The first-order chi connectivity index (χ1) is 9.41. The second-order valence-electron chi connectivity index (χ2n) is 4.53. The molecule has 6 heteroatoms. The minimum absolute atomic E-state index is 0.116. The minimum atomic E-state index is -3.65. The van der Waals surface area contributed by atoms with E-state index in [1.54, 1.807) is 31.5 Å². The zero-order valence-electron chi connectivity index (χ0n) is 11.2.